The van der Waals surface area contributed by atoms with Crippen molar-refractivity contribution >= 4 is 33.4 Å². The van der Waals surface area contributed by atoms with E-state index in [2.05, 4.69) is 20.3 Å². The molecule has 3 heterocycles. The molecular formula is C20H20FN5O3S. The minimum atomic E-state index is -0.347. The van der Waals surface area contributed by atoms with Crippen molar-refractivity contribution in [3.63, 3.8) is 0 Å². The zero-order chi connectivity index (χ0) is 20.7. The highest BCUT2D eigenvalue weighted by Crippen LogP contribution is 2.35. The lowest BCUT2D eigenvalue weighted by atomic mass is 9.81. The number of aliphatic hydroxyl groups is 1. The Hall–Kier alpha value is -2.85. The summed E-state index contributed by atoms with van der Waals surface area (Å²) in [7, 11) is 0. The number of amides is 1. The van der Waals surface area contributed by atoms with E-state index in [0.717, 1.165) is 4.70 Å². The Kier molecular flexibility index (Phi) is 4.95. The van der Waals surface area contributed by atoms with Crippen LogP contribution in [0.2, 0.25) is 0 Å². The van der Waals surface area contributed by atoms with Gasteiger partial charge in [-0.1, -0.05) is 0 Å². The van der Waals surface area contributed by atoms with Crippen LogP contribution in [0.3, 0.4) is 0 Å². The maximum absolute atomic E-state index is 13.7. The number of aliphatic hydroxyl groups excluding tert-OH is 1. The Bertz CT molecular complexity index is 1060. The highest BCUT2D eigenvalue weighted by atomic mass is 32.1. The van der Waals surface area contributed by atoms with Crippen LogP contribution in [-0.4, -0.2) is 51.2 Å². The predicted octanol–water partition coefficient (Wildman–Crippen LogP) is 1.88. The van der Waals surface area contributed by atoms with E-state index in [4.69, 9.17) is 9.84 Å². The maximum atomic E-state index is 13.7. The number of thiazole rings is 1. The second-order valence-electron chi connectivity index (χ2n) is 7.67. The molecule has 156 valence electrons. The molecule has 2 fully saturated rings. The first-order valence-electron chi connectivity index (χ1n) is 9.75. The van der Waals surface area contributed by atoms with Crippen molar-refractivity contribution in [2.24, 2.45) is 5.92 Å². The van der Waals surface area contributed by atoms with E-state index in [9.17, 15) is 9.18 Å². The largest absolute Gasteiger partial charge is 0.488 e. The van der Waals surface area contributed by atoms with Crippen molar-refractivity contribution in [1.29, 1.82) is 0 Å². The number of hydrogen-bond acceptors (Lipinski definition) is 8. The molecule has 1 aromatic carbocycles. The fourth-order valence-electron chi connectivity index (χ4n) is 3.69. The van der Waals surface area contributed by atoms with Crippen molar-refractivity contribution in [2.75, 3.05) is 18.0 Å². The molecule has 3 aromatic rings. The molecule has 1 saturated heterocycles. The van der Waals surface area contributed by atoms with E-state index in [0.29, 0.717) is 48.7 Å². The molecule has 0 unspecified atom stereocenters. The highest BCUT2D eigenvalue weighted by molar-refractivity contribution is 7.16. The monoisotopic (exact) mass is 429 g/mol. The molecule has 1 amide bonds. The Morgan fingerprint density at radius 2 is 2.03 bits per heavy atom. The smallest absolute Gasteiger partial charge is 0.225 e. The van der Waals surface area contributed by atoms with Crippen molar-refractivity contribution in [3.05, 3.63) is 41.4 Å². The van der Waals surface area contributed by atoms with Crippen LogP contribution in [0, 0.1) is 11.7 Å². The molecule has 2 N–H and O–H groups in total. The minimum Gasteiger partial charge on any atom is -0.488 e. The molecule has 0 atom stereocenters. The topological polar surface area (TPSA) is 100 Å². The molecule has 0 bridgehead atoms. The van der Waals surface area contributed by atoms with Crippen LogP contribution in [0.5, 0.6) is 5.75 Å². The molecule has 2 aliphatic rings. The fraction of sp³-hybridized carbons (Fsp3) is 0.400. The van der Waals surface area contributed by atoms with Gasteiger partial charge in [-0.25, -0.2) is 19.3 Å². The Labute approximate surface area is 175 Å². The molecule has 1 aliphatic carbocycles. The number of carbonyl (C=O) groups is 1. The van der Waals surface area contributed by atoms with E-state index in [1.807, 2.05) is 4.90 Å². The highest BCUT2D eigenvalue weighted by Gasteiger charge is 2.39. The summed E-state index contributed by atoms with van der Waals surface area (Å²) in [5.41, 5.74) is 3.00. The summed E-state index contributed by atoms with van der Waals surface area (Å²) in [5, 5.41) is 12.1. The summed E-state index contributed by atoms with van der Waals surface area (Å²) in [6.07, 6.45) is 4.30. The molecule has 2 aromatic heterocycles. The van der Waals surface area contributed by atoms with Gasteiger partial charge in [0, 0.05) is 43.0 Å². The van der Waals surface area contributed by atoms with Crippen LogP contribution in [-0.2, 0) is 11.4 Å². The zero-order valence-electron chi connectivity index (χ0n) is 16.0. The van der Waals surface area contributed by atoms with E-state index in [-0.39, 0.29) is 36.4 Å². The number of hydrogen-bond donors (Lipinski definition) is 2. The van der Waals surface area contributed by atoms with Gasteiger partial charge in [0.25, 0.3) is 0 Å². The summed E-state index contributed by atoms with van der Waals surface area (Å²) >= 11 is 1.37. The number of aromatic nitrogens is 3. The van der Waals surface area contributed by atoms with Gasteiger partial charge >= 0.3 is 0 Å². The zero-order valence-corrected chi connectivity index (χ0v) is 16.8. The summed E-state index contributed by atoms with van der Waals surface area (Å²) in [6.45, 7) is 1.23. The number of nitrogens with one attached hydrogen (secondary N) is 1. The normalized spacial score (nSPS) is 21.2. The molecule has 5 rings (SSSR count). The van der Waals surface area contributed by atoms with Crippen LogP contribution in [0.4, 0.5) is 10.3 Å². The van der Waals surface area contributed by atoms with Gasteiger partial charge in [-0.15, -0.1) is 11.3 Å². The van der Waals surface area contributed by atoms with Gasteiger partial charge in [-0.2, -0.15) is 0 Å². The first-order chi connectivity index (χ1) is 14.6. The first-order valence-corrected chi connectivity index (χ1v) is 10.6. The molecule has 10 heteroatoms. The number of carbonyl (C=O) groups excluding carboxylic acids is 1. The summed E-state index contributed by atoms with van der Waals surface area (Å²) in [6, 6.07) is 2.87. The minimum absolute atomic E-state index is 0.0223. The summed E-state index contributed by atoms with van der Waals surface area (Å²) in [5.74, 6) is 0.618. The molecule has 0 radical (unpaired) electrons. The van der Waals surface area contributed by atoms with Gasteiger partial charge in [0.15, 0.2) is 0 Å². The maximum Gasteiger partial charge on any atom is 0.225 e. The number of rotatable bonds is 6. The number of halogens is 1. The third-order valence-electron chi connectivity index (χ3n) is 5.51. The average Bonchev–Trinajstić information content (AvgIpc) is 3.15. The third-order valence-corrected chi connectivity index (χ3v) is 6.29. The van der Waals surface area contributed by atoms with Gasteiger partial charge < -0.3 is 20.1 Å². The van der Waals surface area contributed by atoms with Crippen LogP contribution in [0.1, 0.15) is 18.4 Å². The van der Waals surface area contributed by atoms with Gasteiger partial charge in [-0.3, -0.25) is 4.79 Å². The second-order valence-corrected chi connectivity index (χ2v) is 8.56. The average molecular weight is 429 g/mol. The standard InChI is InChI=1S/C20H20FN5O3S/c21-13-3-16(18-17(4-13)30-10-24-18)29-15-1-12(2-15)19(28)25-14-7-26(8-14)20-22-5-11(9-27)6-23-20/h3-6,10,12,14-15,27H,1-2,7-9H2,(H,25,28). The van der Waals surface area contributed by atoms with E-state index < -0.39 is 0 Å². The number of anilines is 1. The predicted molar refractivity (Wildman–Crippen MR) is 109 cm³/mol. The van der Waals surface area contributed by atoms with Crippen LogP contribution in [0.25, 0.3) is 10.2 Å². The van der Waals surface area contributed by atoms with Gasteiger partial charge in [0.05, 0.1) is 22.9 Å². The fourth-order valence-corrected chi connectivity index (χ4v) is 4.41. The van der Waals surface area contributed by atoms with Crippen LogP contribution < -0.4 is 15.0 Å². The Balaban J connectivity index is 1.09. The van der Waals surface area contributed by atoms with E-state index in [1.54, 1.807) is 17.9 Å². The number of benzene rings is 1. The lowest BCUT2D eigenvalue weighted by Gasteiger charge is -2.41. The number of ether oxygens (including phenoxy) is 1. The summed E-state index contributed by atoms with van der Waals surface area (Å²) in [4.78, 5) is 27.1. The van der Waals surface area contributed by atoms with Crippen molar-refractivity contribution in [1.82, 2.24) is 20.3 Å². The van der Waals surface area contributed by atoms with E-state index in [1.165, 1.54) is 23.5 Å². The lowest BCUT2D eigenvalue weighted by molar-refractivity contribution is -0.131. The molecule has 1 saturated carbocycles. The molecule has 1 aliphatic heterocycles. The van der Waals surface area contributed by atoms with Gasteiger partial charge in [0.2, 0.25) is 11.9 Å². The quantitative estimate of drug-likeness (QED) is 0.617. The SMILES string of the molecule is O=C(NC1CN(c2ncc(CO)cn2)C1)C1CC(Oc2cc(F)cc3scnc23)C1. The number of fused-ring (bicyclic) bond motifs is 1. The van der Waals surface area contributed by atoms with Crippen molar-refractivity contribution < 1.29 is 19.0 Å². The first kappa shape index (κ1) is 19.1. The molecule has 30 heavy (non-hydrogen) atoms. The molecule has 0 spiro atoms. The number of nitrogens with zero attached hydrogens (tertiary/aromatic N) is 4. The lowest BCUT2D eigenvalue weighted by Crippen LogP contribution is -2.61. The molecular weight excluding hydrogens is 409 g/mol. The van der Waals surface area contributed by atoms with Gasteiger partial charge in [0.1, 0.15) is 23.2 Å². The summed E-state index contributed by atoms with van der Waals surface area (Å²) < 4.78 is 20.4. The van der Waals surface area contributed by atoms with Gasteiger partial charge in [-0.05, 0) is 18.9 Å². The Morgan fingerprint density at radius 3 is 2.77 bits per heavy atom. The Morgan fingerprint density at radius 1 is 1.27 bits per heavy atom. The van der Waals surface area contributed by atoms with Crippen LogP contribution >= 0.6 is 11.3 Å². The molecule has 8 nitrogen and oxygen atoms in total. The van der Waals surface area contributed by atoms with E-state index >= 15 is 0 Å². The van der Waals surface area contributed by atoms with Crippen LogP contribution in [0.15, 0.2) is 30.0 Å². The second kappa shape index (κ2) is 7.77. The third kappa shape index (κ3) is 3.68. The van der Waals surface area contributed by atoms with Crippen molar-refractivity contribution in [2.45, 2.75) is 31.6 Å². The van der Waals surface area contributed by atoms with Crippen molar-refractivity contribution in [3.8, 4) is 5.75 Å².